The topological polar surface area (TPSA) is 91.8 Å². The molecule has 1 amide bonds. The van der Waals surface area contributed by atoms with Crippen LogP contribution >= 0.6 is 0 Å². The van der Waals surface area contributed by atoms with Crippen molar-refractivity contribution in [3.8, 4) is 34.4 Å². The average molecular weight is 462 g/mol. The Hall–Kier alpha value is -4.07. The zero-order valence-electron chi connectivity index (χ0n) is 19.6. The highest BCUT2D eigenvalue weighted by atomic mass is 16.5. The van der Waals surface area contributed by atoms with E-state index >= 15 is 0 Å². The van der Waals surface area contributed by atoms with Crippen LogP contribution < -0.4 is 24.3 Å². The van der Waals surface area contributed by atoms with Crippen molar-refractivity contribution in [2.45, 2.75) is 19.4 Å². The lowest BCUT2D eigenvalue weighted by molar-refractivity contribution is -0.116. The molecule has 1 unspecified atom stereocenters. The highest BCUT2D eigenvalue weighted by molar-refractivity contribution is 5.91. The van der Waals surface area contributed by atoms with Crippen LogP contribution in [0.5, 0.6) is 23.1 Å². The smallest absolute Gasteiger partial charge is 0.244 e. The van der Waals surface area contributed by atoms with E-state index in [2.05, 4.69) is 21.6 Å². The summed E-state index contributed by atoms with van der Waals surface area (Å²) in [6.45, 7) is 2.42. The summed E-state index contributed by atoms with van der Waals surface area (Å²) in [6.07, 6.45) is 3.75. The van der Waals surface area contributed by atoms with Gasteiger partial charge in [0.15, 0.2) is 11.5 Å². The monoisotopic (exact) mass is 461 g/mol. The number of rotatable bonds is 8. The summed E-state index contributed by atoms with van der Waals surface area (Å²) in [6, 6.07) is 13.2. The van der Waals surface area contributed by atoms with E-state index in [1.54, 1.807) is 39.5 Å². The van der Waals surface area contributed by atoms with Crippen molar-refractivity contribution in [3.05, 3.63) is 65.2 Å². The minimum Gasteiger partial charge on any atom is -0.493 e. The molecule has 34 heavy (non-hydrogen) atoms. The molecule has 4 rings (SSSR count). The van der Waals surface area contributed by atoms with Crippen LogP contribution in [0.15, 0.2) is 48.5 Å². The van der Waals surface area contributed by atoms with Crippen LogP contribution in [0.4, 0.5) is 0 Å². The van der Waals surface area contributed by atoms with Gasteiger partial charge in [0.05, 0.1) is 33.6 Å². The molecular formula is C26H27N3O5. The molecule has 1 aliphatic rings. The van der Waals surface area contributed by atoms with Crippen molar-refractivity contribution in [1.29, 1.82) is 0 Å². The summed E-state index contributed by atoms with van der Waals surface area (Å²) >= 11 is 0. The van der Waals surface area contributed by atoms with E-state index in [4.69, 9.17) is 18.9 Å². The Morgan fingerprint density at radius 1 is 1.06 bits per heavy atom. The van der Waals surface area contributed by atoms with Crippen molar-refractivity contribution in [2.75, 3.05) is 27.9 Å². The van der Waals surface area contributed by atoms with E-state index in [9.17, 15) is 4.79 Å². The molecule has 1 aromatic heterocycles. The summed E-state index contributed by atoms with van der Waals surface area (Å²) in [5.41, 5.74) is 4.62. The number of ether oxygens (including phenoxy) is 4. The summed E-state index contributed by atoms with van der Waals surface area (Å²) in [4.78, 5) is 12.4. The van der Waals surface area contributed by atoms with Gasteiger partial charge in [0.1, 0.15) is 11.9 Å². The molecule has 2 aromatic carbocycles. The quantitative estimate of drug-likeness (QED) is 0.513. The molecule has 0 bridgehead atoms. The van der Waals surface area contributed by atoms with E-state index in [1.165, 1.54) is 6.08 Å². The fraction of sp³-hybridized carbons (Fsp3) is 0.269. The first-order valence-corrected chi connectivity index (χ1v) is 10.9. The Kier molecular flexibility index (Phi) is 6.96. The molecule has 8 nitrogen and oxygen atoms in total. The summed E-state index contributed by atoms with van der Waals surface area (Å²) in [7, 11) is 4.71. The molecule has 0 radical (unpaired) electrons. The zero-order valence-corrected chi connectivity index (χ0v) is 19.6. The molecule has 0 fully saturated rings. The summed E-state index contributed by atoms with van der Waals surface area (Å²) in [5.74, 6) is 2.28. The molecule has 1 atom stereocenters. The second kappa shape index (κ2) is 10.2. The Bertz CT molecular complexity index is 1210. The van der Waals surface area contributed by atoms with Crippen LogP contribution in [0.1, 0.15) is 16.7 Å². The molecule has 0 spiro atoms. The fourth-order valence-corrected chi connectivity index (χ4v) is 3.87. The summed E-state index contributed by atoms with van der Waals surface area (Å²) < 4.78 is 21.8. The average Bonchev–Trinajstić information content (AvgIpc) is 3.28. The number of fused-ring (bicyclic) bond motifs is 1. The zero-order chi connectivity index (χ0) is 24.1. The van der Waals surface area contributed by atoms with Crippen LogP contribution in [-0.2, 0) is 11.2 Å². The van der Waals surface area contributed by atoms with Gasteiger partial charge in [0, 0.05) is 24.1 Å². The SMILES string of the molecule is COc1ccc(-c2cc(C)cc3c2OC(CNC(=O)/C=C/c2ccc(OC)c(OC)c2)C3)nn1. The van der Waals surface area contributed by atoms with Gasteiger partial charge in [-0.25, -0.2) is 0 Å². The van der Waals surface area contributed by atoms with Crippen molar-refractivity contribution in [1.82, 2.24) is 15.5 Å². The molecule has 0 saturated heterocycles. The number of carbonyl (C=O) groups excluding carboxylic acids is 1. The number of benzene rings is 2. The highest BCUT2D eigenvalue weighted by Crippen LogP contribution is 2.39. The molecule has 0 saturated carbocycles. The molecule has 176 valence electrons. The minimum absolute atomic E-state index is 0.166. The molecule has 1 aliphatic heterocycles. The van der Waals surface area contributed by atoms with Gasteiger partial charge in [-0.2, -0.15) is 0 Å². The third-order valence-corrected chi connectivity index (χ3v) is 5.51. The Balaban J connectivity index is 1.39. The van der Waals surface area contributed by atoms with Gasteiger partial charge >= 0.3 is 0 Å². The van der Waals surface area contributed by atoms with Gasteiger partial charge in [-0.05, 0) is 54.0 Å². The lowest BCUT2D eigenvalue weighted by atomic mass is 10.0. The minimum atomic E-state index is -0.202. The first kappa shape index (κ1) is 23.1. The molecular weight excluding hydrogens is 434 g/mol. The van der Waals surface area contributed by atoms with E-state index in [0.717, 1.165) is 28.0 Å². The number of hydrogen-bond acceptors (Lipinski definition) is 7. The number of nitrogens with zero attached hydrogens (tertiary/aromatic N) is 2. The number of aryl methyl sites for hydroxylation is 1. The third-order valence-electron chi connectivity index (χ3n) is 5.51. The Morgan fingerprint density at radius 2 is 1.88 bits per heavy atom. The van der Waals surface area contributed by atoms with Gasteiger partial charge in [-0.15, -0.1) is 10.2 Å². The van der Waals surface area contributed by atoms with Crippen LogP contribution in [0.2, 0.25) is 0 Å². The summed E-state index contributed by atoms with van der Waals surface area (Å²) in [5, 5.41) is 11.2. The van der Waals surface area contributed by atoms with E-state index in [-0.39, 0.29) is 12.0 Å². The first-order valence-electron chi connectivity index (χ1n) is 10.9. The number of carbonyl (C=O) groups is 1. The van der Waals surface area contributed by atoms with Crippen molar-refractivity contribution in [3.63, 3.8) is 0 Å². The van der Waals surface area contributed by atoms with E-state index in [0.29, 0.717) is 36.0 Å². The molecule has 0 aliphatic carbocycles. The van der Waals surface area contributed by atoms with Crippen molar-refractivity contribution < 1.29 is 23.7 Å². The largest absolute Gasteiger partial charge is 0.493 e. The molecule has 2 heterocycles. The number of hydrogen-bond donors (Lipinski definition) is 1. The van der Waals surface area contributed by atoms with Crippen LogP contribution in [-0.4, -0.2) is 50.1 Å². The van der Waals surface area contributed by atoms with E-state index < -0.39 is 0 Å². The van der Waals surface area contributed by atoms with Gasteiger partial charge < -0.3 is 24.3 Å². The predicted molar refractivity (Wildman–Crippen MR) is 128 cm³/mol. The maximum Gasteiger partial charge on any atom is 0.244 e. The standard InChI is InChI=1S/C26H27N3O5/c1-16-11-18-14-19(34-26(18)20(12-16)21-7-10-25(33-4)29-28-21)15-27-24(30)9-6-17-5-8-22(31-2)23(13-17)32-3/h5-13,19H,14-15H2,1-4H3,(H,27,30)/b9-6+. The van der Waals surface area contributed by atoms with Crippen LogP contribution in [0.3, 0.4) is 0 Å². The Morgan fingerprint density at radius 3 is 2.59 bits per heavy atom. The van der Waals surface area contributed by atoms with Gasteiger partial charge in [0.25, 0.3) is 0 Å². The van der Waals surface area contributed by atoms with Crippen molar-refractivity contribution in [2.24, 2.45) is 0 Å². The lowest BCUT2D eigenvalue weighted by Gasteiger charge is -2.13. The second-order valence-electron chi connectivity index (χ2n) is 7.90. The predicted octanol–water partition coefficient (Wildman–Crippen LogP) is 3.61. The van der Waals surface area contributed by atoms with Gasteiger partial charge in [-0.1, -0.05) is 12.1 Å². The third kappa shape index (κ3) is 5.11. The van der Waals surface area contributed by atoms with Gasteiger partial charge in [-0.3, -0.25) is 4.79 Å². The first-order chi connectivity index (χ1) is 16.5. The fourth-order valence-electron chi connectivity index (χ4n) is 3.87. The maximum absolute atomic E-state index is 12.4. The highest BCUT2D eigenvalue weighted by Gasteiger charge is 2.27. The molecule has 1 N–H and O–H groups in total. The van der Waals surface area contributed by atoms with E-state index in [1.807, 2.05) is 31.2 Å². The van der Waals surface area contributed by atoms with Gasteiger partial charge in [0.2, 0.25) is 11.8 Å². The number of aromatic nitrogens is 2. The second-order valence-corrected chi connectivity index (χ2v) is 7.90. The number of methoxy groups -OCH3 is 3. The molecule has 8 heteroatoms. The lowest BCUT2D eigenvalue weighted by Crippen LogP contribution is -2.33. The normalized spacial score (nSPS) is 14.4. The Labute approximate surface area is 198 Å². The van der Waals surface area contributed by atoms with Crippen LogP contribution in [0, 0.1) is 6.92 Å². The van der Waals surface area contributed by atoms with Crippen molar-refractivity contribution >= 4 is 12.0 Å². The molecule has 3 aromatic rings. The van der Waals surface area contributed by atoms with Crippen LogP contribution in [0.25, 0.3) is 17.3 Å². The number of amides is 1. The maximum atomic E-state index is 12.4. The number of nitrogens with one attached hydrogen (secondary N) is 1.